The van der Waals surface area contributed by atoms with E-state index < -0.39 is 0 Å². The fourth-order valence-electron chi connectivity index (χ4n) is 2.17. The van der Waals surface area contributed by atoms with E-state index in [0.29, 0.717) is 19.6 Å². The van der Waals surface area contributed by atoms with E-state index in [4.69, 9.17) is 4.74 Å². The summed E-state index contributed by atoms with van der Waals surface area (Å²) in [5, 5.41) is 4.36. The fraction of sp³-hybridized carbons (Fsp3) is 0.692. The average Bonchev–Trinajstić information content (AvgIpc) is 2.70. The number of nitrogens with zero attached hydrogens (tertiary/aromatic N) is 3. The minimum atomic E-state index is -0.288. The van der Waals surface area contributed by atoms with Gasteiger partial charge in [-0.25, -0.2) is 0 Å². The molecule has 1 aliphatic heterocycles. The largest absolute Gasteiger partial charge is 0.368 e. The molecule has 1 saturated heterocycles. The number of aryl methyl sites for hydroxylation is 2. The highest BCUT2D eigenvalue weighted by atomic mass is 16.5. The van der Waals surface area contributed by atoms with E-state index in [1.807, 2.05) is 20.2 Å². The molecule has 0 radical (unpaired) electrons. The lowest BCUT2D eigenvalue weighted by Gasteiger charge is -2.29. The summed E-state index contributed by atoms with van der Waals surface area (Å²) in [6, 6.07) is 2.00. The van der Waals surface area contributed by atoms with Gasteiger partial charge in [0.1, 0.15) is 6.10 Å². The van der Waals surface area contributed by atoms with Crippen molar-refractivity contribution in [2.24, 2.45) is 7.05 Å². The molecule has 1 aromatic heterocycles. The Kier molecular flexibility index (Phi) is 4.14. The van der Waals surface area contributed by atoms with Crippen LogP contribution in [0.2, 0.25) is 0 Å². The highest BCUT2D eigenvalue weighted by Gasteiger charge is 2.25. The topological polar surface area (TPSA) is 47.4 Å². The smallest absolute Gasteiger partial charge is 0.168 e. The van der Waals surface area contributed by atoms with Gasteiger partial charge in [-0.3, -0.25) is 9.48 Å². The molecule has 0 amide bonds. The number of ether oxygens (including phenoxy) is 1. The van der Waals surface area contributed by atoms with E-state index in [0.717, 1.165) is 24.4 Å². The molecule has 1 fully saturated rings. The number of carbonyl (C=O) groups is 1. The molecule has 2 heterocycles. The monoisotopic (exact) mass is 251 g/mol. The van der Waals surface area contributed by atoms with E-state index in [-0.39, 0.29) is 11.9 Å². The van der Waals surface area contributed by atoms with Crippen LogP contribution < -0.4 is 0 Å². The zero-order valence-electron chi connectivity index (χ0n) is 11.3. The third-order valence-corrected chi connectivity index (χ3v) is 3.37. The van der Waals surface area contributed by atoms with Gasteiger partial charge >= 0.3 is 0 Å². The third-order valence-electron chi connectivity index (χ3n) is 3.37. The van der Waals surface area contributed by atoms with Crippen LogP contribution in [0.4, 0.5) is 0 Å². The van der Waals surface area contributed by atoms with Crippen molar-refractivity contribution in [3.05, 3.63) is 17.5 Å². The number of likely N-dealkylation sites (N-methyl/N-ethyl adjacent to an activating group) is 1. The first-order valence-corrected chi connectivity index (χ1v) is 6.44. The van der Waals surface area contributed by atoms with Crippen LogP contribution in [0.3, 0.4) is 0 Å². The lowest BCUT2D eigenvalue weighted by atomic mass is 10.1. The molecule has 5 nitrogen and oxygen atoms in total. The Morgan fingerprint density at radius 2 is 2.33 bits per heavy atom. The van der Waals surface area contributed by atoms with Crippen molar-refractivity contribution in [2.75, 3.05) is 26.7 Å². The Hall–Kier alpha value is -1.20. The standard InChI is InChI=1S/C13H21N3O2/c1-4-10-7-11(16(3)14-10)8-12(17)13-9-15(2)5-6-18-13/h7,13H,4-6,8-9H2,1-3H3. The molecule has 18 heavy (non-hydrogen) atoms. The molecule has 1 atom stereocenters. The SMILES string of the molecule is CCc1cc(CC(=O)C2CN(C)CCO2)n(C)n1. The molecule has 0 aromatic carbocycles. The predicted molar refractivity (Wildman–Crippen MR) is 68.5 cm³/mol. The molecular weight excluding hydrogens is 230 g/mol. The van der Waals surface area contributed by atoms with Gasteiger partial charge in [-0.1, -0.05) is 6.92 Å². The van der Waals surface area contributed by atoms with Crippen LogP contribution in [0, 0.1) is 0 Å². The maximum Gasteiger partial charge on any atom is 0.168 e. The zero-order chi connectivity index (χ0) is 13.1. The number of ketones is 1. The Balaban J connectivity index is 1.99. The minimum absolute atomic E-state index is 0.146. The van der Waals surface area contributed by atoms with Crippen molar-refractivity contribution in [1.82, 2.24) is 14.7 Å². The van der Waals surface area contributed by atoms with Gasteiger partial charge in [0.2, 0.25) is 0 Å². The summed E-state index contributed by atoms with van der Waals surface area (Å²) in [6.45, 7) is 4.29. The third kappa shape index (κ3) is 2.97. The number of carbonyl (C=O) groups excluding carboxylic acids is 1. The molecule has 0 saturated carbocycles. The fourth-order valence-corrected chi connectivity index (χ4v) is 2.17. The van der Waals surface area contributed by atoms with E-state index in [2.05, 4.69) is 16.9 Å². The predicted octanol–water partition coefficient (Wildman–Crippen LogP) is 0.425. The lowest BCUT2D eigenvalue weighted by Crippen LogP contribution is -2.44. The molecule has 0 spiro atoms. The van der Waals surface area contributed by atoms with Crippen LogP contribution in [0.5, 0.6) is 0 Å². The Labute approximate surface area is 108 Å². The number of aromatic nitrogens is 2. The Morgan fingerprint density at radius 1 is 1.56 bits per heavy atom. The quantitative estimate of drug-likeness (QED) is 0.778. The number of rotatable bonds is 4. The van der Waals surface area contributed by atoms with Crippen molar-refractivity contribution in [2.45, 2.75) is 25.9 Å². The van der Waals surface area contributed by atoms with E-state index in [1.54, 1.807) is 4.68 Å². The van der Waals surface area contributed by atoms with Gasteiger partial charge in [-0.05, 0) is 19.5 Å². The first-order valence-electron chi connectivity index (χ1n) is 6.44. The normalized spacial score (nSPS) is 21.2. The summed E-state index contributed by atoms with van der Waals surface area (Å²) in [6.07, 6.45) is 1.01. The lowest BCUT2D eigenvalue weighted by molar-refractivity contribution is -0.134. The molecule has 100 valence electrons. The van der Waals surface area contributed by atoms with Crippen molar-refractivity contribution in [3.8, 4) is 0 Å². The summed E-state index contributed by atoms with van der Waals surface area (Å²) in [5.74, 6) is 0.146. The molecule has 5 heteroatoms. The molecular formula is C13H21N3O2. The first-order chi connectivity index (χ1) is 8.60. The van der Waals surface area contributed by atoms with Gasteiger partial charge in [0.15, 0.2) is 5.78 Å². The maximum absolute atomic E-state index is 12.2. The highest BCUT2D eigenvalue weighted by Crippen LogP contribution is 2.10. The van der Waals surface area contributed by atoms with Gasteiger partial charge in [0.05, 0.1) is 18.7 Å². The van der Waals surface area contributed by atoms with Gasteiger partial charge in [-0.15, -0.1) is 0 Å². The molecule has 0 bridgehead atoms. The van der Waals surface area contributed by atoms with Gasteiger partial charge in [0, 0.05) is 25.8 Å². The number of hydrogen-bond acceptors (Lipinski definition) is 4. The summed E-state index contributed by atoms with van der Waals surface area (Å²) in [7, 11) is 3.90. The van der Waals surface area contributed by atoms with Crippen molar-refractivity contribution < 1.29 is 9.53 Å². The molecule has 1 aliphatic rings. The summed E-state index contributed by atoms with van der Waals surface area (Å²) < 4.78 is 7.33. The minimum Gasteiger partial charge on any atom is -0.368 e. The second kappa shape index (κ2) is 5.63. The van der Waals surface area contributed by atoms with Crippen molar-refractivity contribution >= 4 is 5.78 Å². The van der Waals surface area contributed by atoms with Gasteiger partial charge in [0.25, 0.3) is 0 Å². The van der Waals surface area contributed by atoms with E-state index >= 15 is 0 Å². The Morgan fingerprint density at radius 3 is 2.94 bits per heavy atom. The van der Waals surface area contributed by atoms with Gasteiger partial charge < -0.3 is 9.64 Å². The van der Waals surface area contributed by atoms with Crippen LogP contribution >= 0.6 is 0 Å². The Bertz CT molecular complexity index is 428. The average molecular weight is 251 g/mol. The summed E-state index contributed by atoms with van der Waals surface area (Å²) >= 11 is 0. The zero-order valence-corrected chi connectivity index (χ0v) is 11.3. The van der Waals surface area contributed by atoms with Crippen LogP contribution in [0.1, 0.15) is 18.3 Å². The van der Waals surface area contributed by atoms with Gasteiger partial charge in [-0.2, -0.15) is 5.10 Å². The first kappa shape index (κ1) is 13.2. The second-order valence-electron chi connectivity index (χ2n) is 4.87. The highest BCUT2D eigenvalue weighted by molar-refractivity contribution is 5.85. The molecule has 0 aliphatic carbocycles. The van der Waals surface area contributed by atoms with Crippen LogP contribution in [0.15, 0.2) is 6.07 Å². The maximum atomic E-state index is 12.2. The van der Waals surface area contributed by atoms with E-state index in [9.17, 15) is 4.79 Å². The molecule has 1 unspecified atom stereocenters. The second-order valence-corrected chi connectivity index (χ2v) is 4.87. The van der Waals surface area contributed by atoms with Crippen LogP contribution in [-0.4, -0.2) is 53.3 Å². The summed E-state index contributed by atoms with van der Waals surface area (Å²) in [5.41, 5.74) is 2.00. The van der Waals surface area contributed by atoms with Crippen LogP contribution in [-0.2, 0) is 29.4 Å². The van der Waals surface area contributed by atoms with Crippen LogP contribution in [0.25, 0.3) is 0 Å². The number of Topliss-reactive ketones (excluding diaryl/α,β-unsaturated/α-hetero) is 1. The van der Waals surface area contributed by atoms with Crippen molar-refractivity contribution in [1.29, 1.82) is 0 Å². The van der Waals surface area contributed by atoms with Crippen molar-refractivity contribution in [3.63, 3.8) is 0 Å². The molecule has 0 N–H and O–H groups in total. The van der Waals surface area contributed by atoms with E-state index in [1.165, 1.54) is 0 Å². The number of hydrogen-bond donors (Lipinski definition) is 0. The molecule has 1 aromatic rings. The summed E-state index contributed by atoms with van der Waals surface area (Å²) in [4.78, 5) is 14.3. The number of morpholine rings is 1. The molecule has 2 rings (SSSR count).